The Morgan fingerprint density at radius 3 is 0.973 bits per heavy atom. The number of hydrogen-bond donors (Lipinski definition) is 4. The molecule has 4 heterocycles. The van der Waals surface area contributed by atoms with Gasteiger partial charge in [-0.3, -0.25) is 19.2 Å². The largest absolute Gasteiger partial charge is 0.506 e. The Balaban J connectivity index is 0.000000284. The second-order valence-corrected chi connectivity index (χ2v) is 25.3. The third-order valence-electron chi connectivity index (χ3n) is 17.1. The van der Waals surface area contributed by atoms with Crippen LogP contribution in [0.15, 0.2) is 175 Å². The molecule has 16 nitrogen and oxygen atoms in total. The highest BCUT2D eigenvalue weighted by atomic mass is 35.5. The number of aromatic hydroxyl groups is 2. The van der Waals surface area contributed by atoms with Crippen molar-refractivity contribution in [2.45, 2.75) is 91.9 Å². The van der Waals surface area contributed by atoms with Crippen molar-refractivity contribution < 1.29 is 99.7 Å². The van der Waals surface area contributed by atoms with Crippen LogP contribution in [0.5, 0.6) is 11.5 Å². The molecule has 0 aliphatic carbocycles. The first kappa shape index (κ1) is 88.5. The Labute approximate surface area is 649 Å². The minimum Gasteiger partial charge on any atom is -0.506 e. The first-order chi connectivity index (χ1) is 49.4. The van der Waals surface area contributed by atoms with Crippen molar-refractivity contribution in [2.75, 3.05) is 11.5 Å². The molecule has 0 spiro atoms. The van der Waals surface area contributed by atoms with Crippen molar-refractivity contribution in [2.24, 2.45) is 0 Å². The summed E-state index contributed by atoms with van der Waals surface area (Å²) in [6, 6.07) is 28.9. The van der Waals surface area contributed by atoms with Gasteiger partial charge in [-0.2, -0.15) is 52.7 Å². The highest BCUT2D eigenvalue weighted by molar-refractivity contribution is 6.69. The molecular weight excluding hydrogens is 1600 g/mol. The van der Waals surface area contributed by atoms with E-state index in [4.69, 9.17) is 85.8 Å². The molecule has 0 amide bonds. The molecule has 0 bridgehead atoms. The minimum atomic E-state index is -5.79. The van der Waals surface area contributed by atoms with E-state index >= 15 is 0 Å². The van der Waals surface area contributed by atoms with Gasteiger partial charge in [-0.1, -0.05) is 69.5 Å². The molecule has 0 saturated heterocycles. The van der Waals surface area contributed by atoms with E-state index in [1.165, 1.54) is 6.07 Å². The summed E-state index contributed by atoms with van der Waals surface area (Å²) in [6.07, 6.45) is -23.2. The lowest BCUT2D eigenvalue weighted by molar-refractivity contribution is -0.290. The van der Waals surface area contributed by atoms with Crippen LogP contribution in [0, 0.1) is 41.5 Å². The molecular formula is C76H60Cl6F12N6O10. The molecule has 34 heteroatoms. The number of alkyl halides is 12. The molecule has 0 aliphatic rings. The highest BCUT2D eigenvalue weighted by Crippen LogP contribution is 2.58. The van der Waals surface area contributed by atoms with Crippen molar-refractivity contribution in [3.05, 3.63) is 236 Å². The molecule has 13 aromatic rings. The van der Waals surface area contributed by atoms with Crippen molar-refractivity contribution in [1.29, 1.82) is 0 Å². The number of nitrogen functional groups attached to an aromatic ring is 2. The Bertz CT molecular complexity index is 5310. The van der Waals surface area contributed by atoms with Gasteiger partial charge in [-0.05, 0) is 216 Å². The molecule has 580 valence electrons. The van der Waals surface area contributed by atoms with Crippen LogP contribution < -0.4 is 11.5 Å². The summed E-state index contributed by atoms with van der Waals surface area (Å²) < 4.78 is 196. The number of benzene rings is 9. The molecule has 110 heavy (non-hydrogen) atoms. The minimum absolute atomic E-state index is 0. The summed E-state index contributed by atoms with van der Waals surface area (Å²) >= 11 is 21.1. The monoisotopic (exact) mass is 1650 g/mol. The predicted molar refractivity (Wildman–Crippen MR) is 400 cm³/mol. The van der Waals surface area contributed by atoms with Gasteiger partial charge in [-0.25, -0.2) is 19.9 Å². The molecule has 0 saturated carbocycles. The number of hydrogen-bond acceptors (Lipinski definition) is 16. The fourth-order valence-corrected chi connectivity index (χ4v) is 12.3. The predicted octanol–water partition coefficient (Wildman–Crippen LogP) is 23.2. The van der Waals surface area contributed by atoms with Crippen molar-refractivity contribution in [1.82, 2.24) is 19.9 Å². The van der Waals surface area contributed by atoms with Crippen LogP contribution in [-0.2, 0) is 10.8 Å². The number of fused-ring (bicyclic) bond motifs is 4. The van der Waals surface area contributed by atoms with Gasteiger partial charge in [0.2, 0.25) is 28.5 Å². The summed E-state index contributed by atoms with van der Waals surface area (Å²) in [6.45, 7) is 11.1. The number of aryl methyl sites for hydroxylation is 6. The Morgan fingerprint density at radius 1 is 0.355 bits per heavy atom. The Kier molecular flexibility index (Phi) is 26.9. The quantitative estimate of drug-likeness (QED) is 0.0308. The van der Waals surface area contributed by atoms with Crippen LogP contribution in [0.1, 0.15) is 112 Å². The van der Waals surface area contributed by atoms with E-state index in [9.17, 15) is 71.9 Å². The third-order valence-corrected chi connectivity index (χ3v) is 17.9. The first-order valence-electron chi connectivity index (χ1n) is 30.6. The second kappa shape index (κ2) is 33.5. The standard InChI is InChI=1S/C41H26F6N4O4.C17H8Cl2F6O2.C10H8Cl2O2.C6H8N2O2.2CH4.2ClH/c1-19-13-21(3)27(14-20(19)2)38-51-31-16-30-34(18-35(31)55-38)54-37(50-30)24-7-11-26(12-8-24)39(40(42,43)44,41(45,46)47)25-9-5-23(6-10-25)36-49-29-15-28-32(17-33(29)53-36)52-22(4)48-28;18-13(26)9-1-5-11(6-2-9)15(16(20,21)22,17(23,24)25)12-7-3-10(4-8-12)14(19)27;1-5-3-8(10(12)14)6(2)4-7(5)9(11)13;7-3-1-4(8)6(10)2-5(3)9;;;;/h5-18H,1-4H3;1-8H;3-4H,1-2H3;1-2,9-10H,7-8H2;2*1H4;2*1H. The maximum atomic E-state index is 15.0. The molecule has 0 fully saturated rings. The normalized spacial score (nSPS) is 11.7. The number of anilines is 2. The zero-order valence-corrected chi connectivity index (χ0v) is 60.6. The number of phenols is 2. The zero-order chi connectivity index (χ0) is 77.8. The van der Waals surface area contributed by atoms with E-state index in [0.29, 0.717) is 103 Å². The molecule has 0 unspecified atom stereocenters. The number of aromatic nitrogens is 4. The molecule has 6 N–H and O–H groups in total. The smallest absolute Gasteiger partial charge is 0.411 e. The number of nitrogens with zero attached hydrogens (tertiary/aromatic N) is 4. The number of oxazole rings is 4. The number of halogens is 18. The maximum absolute atomic E-state index is 15.0. The fraction of sp³-hybridized carbons (Fsp3) is 0.184. The van der Waals surface area contributed by atoms with Gasteiger partial charge in [0.25, 0.3) is 21.0 Å². The van der Waals surface area contributed by atoms with Crippen LogP contribution in [0.25, 0.3) is 78.8 Å². The average molecular weight is 1660 g/mol. The number of phenolic OH excluding ortho intramolecular Hbond substituents is 2. The first-order valence-corrected chi connectivity index (χ1v) is 32.1. The Hall–Kier alpha value is -10.4. The topological polar surface area (TPSA) is 265 Å². The molecule has 0 atom stereocenters. The Morgan fingerprint density at radius 2 is 0.655 bits per heavy atom. The van der Waals surface area contributed by atoms with Gasteiger partial charge in [0, 0.05) is 64.1 Å². The van der Waals surface area contributed by atoms with E-state index in [2.05, 4.69) is 19.9 Å². The van der Waals surface area contributed by atoms with Crippen molar-refractivity contribution >= 4 is 148 Å². The van der Waals surface area contributed by atoms with Crippen LogP contribution in [0.2, 0.25) is 0 Å². The summed E-state index contributed by atoms with van der Waals surface area (Å²) in [5.74, 6) is 0.522. The van der Waals surface area contributed by atoms with E-state index < -0.39 is 78.8 Å². The molecule has 0 radical (unpaired) electrons. The van der Waals surface area contributed by atoms with Gasteiger partial charge in [0.05, 0.1) is 11.4 Å². The fourth-order valence-electron chi connectivity index (χ4n) is 11.6. The summed E-state index contributed by atoms with van der Waals surface area (Å²) in [5.41, 5.74) is 6.90. The molecule has 4 aromatic heterocycles. The number of rotatable bonds is 11. The molecule has 13 rings (SSSR count). The number of carbonyl (C=O) groups is 4. The SMILES string of the molecule is C.C.Cc1cc(C(=O)Cl)c(C)cc1C(=O)Cl.Cc1nc2cc3nc(-c4ccc(C(c5ccc(-c6nc7cc8nc(-c9cc(C)c(C)cc9C)oc8cc7o6)cc5)(C(F)(F)F)C(F)(F)F)cc4)oc3cc2o1.Cl.Cl.Nc1cc(N)c(O)cc1O.O=C(Cl)c1ccc(C(c2ccc(C(=O)Cl)cc2)(C(F)(F)F)C(F)(F)F)cc1. The lowest BCUT2D eigenvalue weighted by Crippen LogP contribution is -2.54. The molecule has 9 aromatic carbocycles. The van der Waals surface area contributed by atoms with E-state index in [1.54, 1.807) is 57.2 Å². The van der Waals surface area contributed by atoms with Gasteiger partial charge < -0.3 is 39.3 Å². The van der Waals surface area contributed by atoms with Gasteiger partial charge >= 0.3 is 24.7 Å². The lowest BCUT2D eigenvalue weighted by atomic mass is 9.72. The van der Waals surface area contributed by atoms with Crippen LogP contribution in [0.4, 0.5) is 64.1 Å². The van der Waals surface area contributed by atoms with Crippen molar-refractivity contribution in [3.8, 4) is 45.9 Å². The zero-order valence-electron chi connectivity index (χ0n) is 56.0. The maximum Gasteiger partial charge on any atom is 0.411 e. The third kappa shape index (κ3) is 17.3. The van der Waals surface area contributed by atoms with Gasteiger partial charge in [0.15, 0.2) is 28.2 Å². The van der Waals surface area contributed by atoms with E-state index in [-0.39, 0.29) is 96.6 Å². The molecule has 0 aliphatic heterocycles. The van der Waals surface area contributed by atoms with Gasteiger partial charge in [0.1, 0.15) is 33.6 Å². The highest BCUT2D eigenvalue weighted by Gasteiger charge is 2.73. The van der Waals surface area contributed by atoms with E-state index in [1.807, 2.05) is 32.9 Å². The van der Waals surface area contributed by atoms with Gasteiger partial charge in [-0.15, -0.1) is 24.8 Å². The second-order valence-electron chi connectivity index (χ2n) is 24.0. The van der Waals surface area contributed by atoms with Crippen LogP contribution in [-0.4, -0.2) is 75.8 Å². The number of nitrogens with two attached hydrogens (primary N) is 2. The van der Waals surface area contributed by atoms with E-state index in [0.717, 1.165) is 101 Å². The average Bonchev–Trinajstić information content (AvgIpc) is 0.824. The number of carbonyl (C=O) groups excluding carboxylic acids is 4. The van der Waals surface area contributed by atoms with Crippen LogP contribution in [0.3, 0.4) is 0 Å². The summed E-state index contributed by atoms with van der Waals surface area (Å²) in [7, 11) is 0. The van der Waals surface area contributed by atoms with Crippen molar-refractivity contribution in [3.63, 3.8) is 0 Å². The summed E-state index contributed by atoms with van der Waals surface area (Å²) in [5, 5.41) is 14.6. The van der Waals surface area contributed by atoms with Crippen LogP contribution >= 0.6 is 71.2 Å². The summed E-state index contributed by atoms with van der Waals surface area (Å²) in [4.78, 5) is 61.7. The lowest BCUT2D eigenvalue weighted by Gasteiger charge is -2.38.